The first-order valence-corrected chi connectivity index (χ1v) is 8.99. The van der Waals surface area contributed by atoms with Crippen LogP contribution in [0.25, 0.3) is 11.0 Å². The first kappa shape index (κ1) is 18.4. The van der Waals surface area contributed by atoms with Gasteiger partial charge < -0.3 is 19.5 Å². The Balaban J connectivity index is 1.69. The molecule has 26 heavy (non-hydrogen) atoms. The van der Waals surface area contributed by atoms with Crippen LogP contribution in [0.3, 0.4) is 0 Å². The van der Waals surface area contributed by atoms with Gasteiger partial charge in [0.2, 0.25) is 0 Å². The van der Waals surface area contributed by atoms with Gasteiger partial charge in [-0.1, -0.05) is 38.1 Å². The van der Waals surface area contributed by atoms with Crippen molar-refractivity contribution in [1.29, 1.82) is 0 Å². The molecule has 0 fully saturated rings. The van der Waals surface area contributed by atoms with Gasteiger partial charge in [0, 0.05) is 0 Å². The molecule has 5 nitrogen and oxygen atoms in total. The number of aliphatic hydroxyl groups is 2. The van der Waals surface area contributed by atoms with Gasteiger partial charge >= 0.3 is 0 Å². The van der Waals surface area contributed by atoms with E-state index in [-0.39, 0.29) is 6.61 Å². The molecule has 2 atom stereocenters. The monoisotopic (exact) mass is 354 g/mol. The topological polar surface area (TPSA) is 67.5 Å². The Morgan fingerprint density at radius 1 is 1.00 bits per heavy atom. The van der Waals surface area contributed by atoms with Crippen LogP contribution in [0, 0.1) is 0 Å². The summed E-state index contributed by atoms with van der Waals surface area (Å²) >= 11 is 0. The molecule has 1 aromatic heterocycles. The van der Waals surface area contributed by atoms with Crippen molar-refractivity contribution in [1.82, 2.24) is 9.55 Å². The van der Waals surface area contributed by atoms with Gasteiger partial charge in [0.05, 0.1) is 17.6 Å². The molecule has 2 aromatic carbocycles. The summed E-state index contributed by atoms with van der Waals surface area (Å²) in [6.45, 7) is 6.46. The van der Waals surface area contributed by atoms with Crippen LogP contribution in [0.4, 0.5) is 0 Å². The van der Waals surface area contributed by atoms with Gasteiger partial charge in [-0.05, 0) is 42.7 Å². The summed E-state index contributed by atoms with van der Waals surface area (Å²) in [6.07, 6.45) is -1.42. The van der Waals surface area contributed by atoms with Gasteiger partial charge in [-0.3, -0.25) is 0 Å². The largest absolute Gasteiger partial charge is 0.491 e. The summed E-state index contributed by atoms with van der Waals surface area (Å²) in [5.41, 5.74) is 2.95. The minimum atomic E-state index is -0.713. The summed E-state index contributed by atoms with van der Waals surface area (Å²) in [5, 5.41) is 20.4. The fraction of sp³-hybridized carbons (Fsp3) is 0.381. The minimum absolute atomic E-state index is 0.173. The zero-order chi connectivity index (χ0) is 18.7. The molecule has 2 N–H and O–H groups in total. The van der Waals surface area contributed by atoms with Crippen molar-refractivity contribution in [3.05, 3.63) is 59.9 Å². The number of fused-ring (bicyclic) bond motifs is 1. The first-order valence-electron chi connectivity index (χ1n) is 8.99. The summed E-state index contributed by atoms with van der Waals surface area (Å²) < 4.78 is 7.57. The third-order valence-electron chi connectivity index (χ3n) is 4.44. The second-order valence-electron chi connectivity index (χ2n) is 6.93. The summed E-state index contributed by atoms with van der Waals surface area (Å²) in [6, 6.07) is 15.6. The van der Waals surface area contributed by atoms with Crippen LogP contribution in [-0.2, 0) is 6.54 Å². The molecule has 0 radical (unpaired) electrons. The fourth-order valence-electron chi connectivity index (χ4n) is 3.01. The number of benzene rings is 2. The number of nitrogens with zero attached hydrogens (tertiary/aromatic N) is 2. The van der Waals surface area contributed by atoms with E-state index < -0.39 is 12.2 Å². The van der Waals surface area contributed by atoms with Crippen LogP contribution < -0.4 is 4.74 Å². The molecular formula is C21H26N2O3. The zero-order valence-corrected chi connectivity index (χ0v) is 15.5. The number of ether oxygens (including phenoxy) is 1. The van der Waals surface area contributed by atoms with E-state index in [1.807, 2.05) is 53.1 Å². The SMILES string of the molecule is CC(C)c1ccc(OC[C@H](O)Cn2c([C@@H](C)O)nc3ccccc32)cc1. The van der Waals surface area contributed by atoms with Crippen molar-refractivity contribution < 1.29 is 14.9 Å². The smallest absolute Gasteiger partial charge is 0.138 e. The lowest BCUT2D eigenvalue weighted by molar-refractivity contribution is 0.0895. The number of rotatable bonds is 7. The maximum Gasteiger partial charge on any atom is 0.138 e. The van der Waals surface area contributed by atoms with E-state index in [4.69, 9.17) is 4.74 Å². The van der Waals surface area contributed by atoms with Crippen LogP contribution in [0.1, 0.15) is 44.2 Å². The van der Waals surface area contributed by atoms with Crippen molar-refractivity contribution >= 4 is 11.0 Å². The molecule has 0 bridgehead atoms. The Labute approximate surface area is 153 Å². The zero-order valence-electron chi connectivity index (χ0n) is 15.5. The Hall–Kier alpha value is -2.37. The molecular weight excluding hydrogens is 328 g/mol. The molecule has 138 valence electrons. The van der Waals surface area contributed by atoms with Crippen molar-refractivity contribution in [2.75, 3.05) is 6.61 Å². The standard InChI is InChI=1S/C21H26N2O3/c1-14(2)16-8-10-18(11-9-16)26-13-17(25)12-23-20-7-5-4-6-19(20)22-21(23)15(3)24/h4-11,14-15,17,24-25H,12-13H2,1-3H3/t15-,17-/m1/s1. The highest BCUT2D eigenvalue weighted by atomic mass is 16.5. The van der Waals surface area contributed by atoms with E-state index in [0.717, 1.165) is 16.8 Å². The molecule has 0 aliphatic carbocycles. The number of hydrogen-bond acceptors (Lipinski definition) is 4. The van der Waals surface area contributed by atoms with E-state index >= 15 is 0 Å². The van der Waals surface area contributed by atoms with Gasteiger partial charge in [0.15, 0.2) is 0 Å². The van der Waals surface area contributed by atoms with Crippen LogP contribution in [-0.4, -0.2) is 32.5 Å². The quantitative estimate of drug-likeness (QED) is 0.680. The molecule has 0 unspecified atom stereocenters. The molecule has 0 amide bonds. The van der Waals surface area contributed by atoms with E-state index in [0.29, 0.717) is 18.3 Å². The first-order chi connectivity index (χ1) is 12.5. The van der Waals surface area contributed by atoms with Crippen molar-refractivity contribution in [2.24, 2.45) is 0 Å². The van der Waals surface area contributed by atoms with Crippen molar-refractivity contribution in [3.63, 3.8) is 0 Å². The number of para-hydroxylation sites is 2. The molecule has 3 aromatic rings. The highest BCUT2D eigenvalue weighted by Crippen LogP contribution is 2.22. The predicted octanol–water partition coefficient (Wildman–Crippen LogP) is 3.65. The van der Waals surface area contributed by atoms with Gasteiger partial charge in [-0.15, -0.1) is 0 Å². The van der Waals surface area contributed by atoms with Crippen LogP contribution >= 0.6 is 0 Å². The molecule has 0 saturated heterocycles. The minimum Gasteiger partial charge on any atom is -0.491 e. The maximum atomic E-state index is 10.4. The Morgan fingerprint density at radius 3 is 2.35 bits per heavy atom. The van der Waals surface area contributed by atoms with Crippen LogP contribution in [0.5, 0.6) is 5.75 Å². The van der Waals surface area contributed by atoms with Crippen LogP contribution in [0.15, 0.2) is 48.5 Å². The third kappa shape index (κ3) is 4.06. The Morgan fingerprint density at radius 2 is 1.69 bits per heavy atom. The average molecular weight is 354 g/mol. The van der Waals surface area contributed by atoms with Gasteiger partial charge in [0.1, 0.15) is 30.4 Å². The number of hydrogen-bond donors (Lipinski definition) is 2. The second kappa shape index (κ2) is 7.89. The summed E-state index contributed by atoms with van der Waals surface area (Å²) in [4.78, 5) is 4.47. The van der Waals surface area contributed by atoms with E-state index in [9.17, 15) is 10.2 Å². The highest BCUT2D eigenvalue weighted by molar-refractivity contribution is 5.76. The molecule has 5 heteroatoms. The van der Waals surface area contributed by atoms with Crippen molar-refractivity contribution in [2.45, 2.75) is 45.4 Å². The number of aromatic nitrogens is 2. The van der Waals surface area contributed by atoms with Gasteiger partial charge in [-0.2, -0.15) is 0 Å². The molecule has 0 saturated carbocycles. The van der Waals surface area contributed by atoms with E-state index in [2.05, 4.69) is 18.8 Å². The molecule has 0 aliphatic heterocycles. The summed E-state index contributed by atoms with van der Waals surface area (Å²) in [5.74, 6) is 1.76. The maximum absolute atomic E-state index is 10.4. The van der Waals surface area contributed by atoms with E-state index in [1.54, 1.807) is 6.92 Å². The molecule has 0 spiro atoms. The van der Waals surface area contributed by atoms with Gasteiger partial charge in [0.25, 0.3) is 0 Å². The van der Waals surface area contributed by atoms with Crippen molar-refractivity contribution in [3.8, 4) is 5.75 Å². The predicted molar refractivity (Wildman–Crippen MR) is 102 cm³/mol. The molecule has 3 rings (SSSR count). The normalized spacial score (nSPS) is 13.9. The molecule has 0 aliphatic rings. The third-order valence-corrected chi connectivity index (χ3v) is 4.44. The van der Waals surface area contributed by atoms with E-state index in [1.165, 1.54) is 5.56 Å². The van der Waals surface area contributed by atoms with Crippen LogP contribution in [0.2, 0.25) is 0 Å². The lowest BCUT2D eigenvalue weighted by Crippen LogP contribution is -2.25. The lowest BCUT2D eigenvalue weighted by Gasteiger charge is -2.17. The molecule has 1 heterocycles. The van der Waals surface area contributed by atoms with Gasteiger partial charge in [-0.25, -0.2) is 4.98 Å². The second-order valence-corrected chi connectivity index (χ2v) is 6.93. The average Bonchev–Trinajstić information content (AvgIpc) is 2.99. The highest BCUT2D eigenvalue weighted by Gasteiger charge is 2.17. The summed E-state index contributed by atoms with van der Waals surface area (Å²) in [7, 11) is 0. The number of imidazole rings is 1. The Kier molecular flexibility index (Phi) is 5.59. The number of aliphatic hydroxyl groups excluding tert-OH is 2. The Bertz CT molecular complexity index is 853. The lowest BCUT2D eigenvalue weighted by atomic mass is 10.0. The fourth-order valence-corrected chi connectivity index (χ4v) is 3.01.